The smallest absolute Gasteiger partial charge is 0.332 e. The van der Waals surface area contributed by atoms with Crippen LogP contribution in [0.15, 0.2) is 0 Å². The van der Waals surface area contributed by atoms with Crippen LogP contribution in [0.4, 0.5) is 0 Å². The van der Waals surface area contributed by atoms with Gasteiger partial charge in [0.05, 0.1) is 19.8 Å². The van der Waals surface area contributed by atoms with Crippen molar-refractivity contribution in [2.45, 2.75) is 26.4 Å². The van der Waals surface area contributed by atoms with E-state index in [1.54, 1.807) is 0 Å². The number of carbonyl (C=O) groups excluding carboxylic acids is 1. The molecule has 0 aliphatic heterocycles. The van der Waals surface area contributed by atoms with Gasteiger partial charge in [-0.1, -0.05) is 15.9 Å². The third-order valence-corrected chi connectivity index (χ3v) is 1.56. The molecule has 0 heterocycles. The van der Waals surface area contributed by atoms with E-state index in [0.29, 0.717) is 19.8 Å². The molecule has 0 radical (unpaired) electrons. The molecule has 0 aromatic heterocycles. The van der Waals surface area contributed by atoms with Crippen molar-refractivity contribution in [2.75, 3.05) is 31.8 Å². The van der Waals surface area contributed by atoms with Gasteiger partial charge in [0.25, 0.3) is 0 Å². The zero-order valence-corrected chi connectivity index (χ0v) is 11.1. The molecule has 0 aliphatic rings. The zero-order valence-electron chi connectivity index (χ0n) is 9.55. The third-order valence-electron chi connectivity index (χ3n) is 1.23. The summed E-state index contributed by atoms with van der Waals surface area (Å²) in [6.45, 7) is 7.00. The van der Waals surface area contributed by atoms with E-state index in [1.807, 2.05) is 20.8 Å². The molecule has 0 atom stereocenters. The van der Waals surface area contributed by atoms with Crippen molar-refractivity contribution in [2.24, 2.45) is 0 Å². The lowest BCUT2D eigenvalue weighted by Crippen LogP contribution is -2.27. The van der Waals surface area contributed by atoms with E-state index < -0.39 is 5.60 Å². The van der Waals surface area contributed by atoms with E-state index in [2.05, 4.69) is 15.9 Å². The molecular weight excluding hydrogens is 264 g/mol. The Morgan fingerprint density at radius 3 is 2.27 bits per heavy atom. The maximum absolute atomic E-state index is 11.2. The number of alkyl halides is 1. The molecule has 0 spiro atoms. The minimum Gasteiger partial charge on any atom is -0.458 e. The fraction of sp³-hybridized carbons (Fsp3) is 0.900. The molecule has 0 fully saturated rings. The first kappa shape index (κ1) is 14.9. The quantitative estimate of drug-likeness (QED) is 0.406. The first-order chi connectivity index (χ1) is 6.95. The summed E-state index contributed by atoms with van der Waals surface area (Å²) < 4.78 is 15.3. The molecule has 0 saturated carbocycles. The van der Waals surface area contributed by atoms with Gasteiger partial charge in [-0.15, -0.1) is 0 Å². The maximum Gasteiger partial charge on any atom is 0.332 e. The Kier molecular flexibility index (Phi) is 8.00. The van der Waals surface area contributed by atoms with Crippen molar-refractivity contribution < 1.29 is 19.0 Å². The van der Waals surface area contributed by atoms with Gasteiger partial charge in [-0.25, -0.2) is 4.79 Å². The molecule has 4 nitrogen and oxygen atoms in total. The molecule has 0 N–H and O–H groups in total. The molecule has 0 saturated heterocycles. The summed E-state index contributed by atoms with van der Waals surface area (Å²) in [4.78, 5) is 11.2. The predicted molar refractivity (Wildman–Crippen MR) is 61.3 cm³/mol. The number of rotatable bonds is 7. The van der Waals surface area contributed by atoms with Crippen LogP contribution in [-0.4, -0.2) is 43.3 Å². The van der Waals surface area contributed by atoms with E-state index in [-0.39, 0.29) is 12.6 Å². The van der Waals surface area contributed by atoms with Crippen molar-refractivity contribution in [3.63, 3.8) is 0 Å². The lowest BCUT2D eigenvalue weighted by atomic mass is 10.2. The second-order valence-corrected chi connectivity index (χ2v) is 4.73. The Morgan fingerprint density at radius 1 is 1.13 bits per heavy atom. The van der Waals surface area contributed by atoms with Crippen molar-refractivity contribution in [3.05, 3.63) is 0 Å². The number of carbonyl (C=O) groups is 1. The topological polar surface area (TPSA) is 44.8 Å². The van der Waals surface area contributed by atoms with E-state index >= 15 is 0 Å². The zero-order chi connectivity index (χ0) is 11.7. The second kappa shape index (κ2) is 8.07. The Balaban J connectivity index is 3.32. The lowest BCUT2D eigenvalue weighted by Gasteiger charge is -2.19. The minimum absolute atomic E-state index is 0.0189. The summed E-state index contributed by atoms with van der Waals surface area (Å²) in [5.41, 5.74) is -0.451. The molecule has 5 heteroatoms. The summed E-state index contributed by atoms with van der Waals surface area (Å²) in [7, 11) is 0. The first-order valence-corrected chi connectivity index (χ1v) is 6.01. The monoisotopic (exact) mass is 282 g/mol. The number of hydrogen-bond donors (Lipinski definition) is 0. The highest BCUT2D eigenvalue weighted by molar-refractivity contribution is 9.09. The van der Waals surface area contributed by atoms with Gasteiger partial charge in [-0.05, 0) is 20.8 Å². The average molecular weight is 283 g/mol. The molecule has 15 heavy (non-hydrogen) atoms. The van der Waals surface area contributed by atoms with Gasteiger partial charge in [-0.3, -0.25) is 0 Å². The summed E-state index contributed by atoms with van der Waals surface area (Å²) in [6.07, 6.45) is 0. The van der Waals surface area contributed by atoms with Crippen LogP contribution in [0.3, 0.4) is 0 Å². The van der Waals surface area contributed by atoms with Crippen LogP contribution in [0.25, 0.3) is 0 Å². The Morgan fingerprint density at radius 2 is 1.73 bits per heavy atom. The maximum atomic E-state index is 11.2. The van der Waals surface area contributed by atoms with E-state index in [9.17, 15) is 4.79 Å². The molecule has 0 bridgehead atoms. The molecule has 0 amide bonds. The Bertz CT molecular complexity index is 177. The highest BCUT2D eigenvalue weighted by atomic mass is 79.9. The summed E-state index contributed by atoms with van der Waals surface area (Å²) in [6, 6.07) is 0. The van der Waals surface area contributed by atoms with Gasteiger partial charge in [0.15, 0.2) is 0 Å². The third kappa shape index (κ3) is 11.8. The lowest BCUT2D eigenvalue weighted by molar-refractivity contribution is -0.160. The highest BCUT2D eigenvalue weighted by Crippen LogP contribution is 2.06. The van der Waals surface area contributed by atoms with Gasteiger partial charge in [0, 0.05) is 5.33 Å². The van der Waals surface area contributed by atoms with Gasteiger partial charge in [0.1, 0.15) is 12.2 Å². The Hall–Kier alpha value is -0.130. The van der Waals surface area contributed by atoms with Crippen LogP contribution in [0, 0.1) is 0 Å². The average Bonchev–Trinajstić information content (AvgIpc) is 2.08. The molecule has 0 unspecified atom stereocenters. The van der Waals surface area contributed by atoms with E-state index in [0.717, 1.165) is 5.33 Å². The van der Waals surface area contributed by atoms with Gasteiger partial charge < -0.3 is 14.2 Å². The molecule has 0 aliphatic carbocycles. The summed E-state index contributed by atoms with van der Waals surface area (Å²) in [5, 5.41) is 0.805. The largest absolute Gasteiger partial charge is 0.458 e. The van der Waals surface area contributed by atoms with Gasteiger partial charge >= 0.3 is 5.97 Å². The molecule has 0 rings (SSSR count). The van der Waals surface area contributed by atoms with Crippen LogP contribution in [0.5, 0.6) is 0 Å². The first-order valence-electron chi connectivity index (χ1n) is 4.89. The normalized spacial score (nSPS) is 11.5. The summed E-state index contributed by atoms with van der Waals surface area (Å²) >= 11 is 3.23. The number of hydrogen-bond acceptors (Lipinski definition) is 4. The number of halogens is 1. The van der Waals surface area contributed by atoms with E-state index in [4.69, 9.17) is 14.2 Å². The fourth-order valence-electron chi connectivity index (χ4n) is 0.801. The SMILES string of the molecule is CC(C)(C)OC(=O)COCCOCCBr. The fourth-order valence-corrected chi connectivity index (χ4v) is 1.03. The van der Waals surface area contributed by atoms with Gasteiger partial charge in [0.2, 0.25) is 0 Å². The highest BCUT2D eigenvalue weighted by Gasteiger charge is 2.15. The molecular formula is C10H19BrO4. The minimum atomic E-state index is -0.451. The van der Waals surface area contributed by atoms with Gasteiger partial charge in [-0.2, -0.15) is 0 Å². The predicted octanol–water partition coefficient (Wildman–Crippen LogP) is 1.76. The van der Waals surface area contributed by atoms with Crippen LogP contribution < -0.4 is 0 Å². The van der Waals surface area contributed by atoms with E-state index in [1.165, 1.54) is 0 Å². The van der Waals surface area contributed by atoms with Crippen molar-refractivity contribution in [1.82, 2.24) is 0 Å². The van der Waals surface area contributed by atoms with Crippen molar-refractivity contribution in [3.8, 4) is 0 Å². The van der Waals surface area contributed by atoms with Crippen molar-refractivity contribution >= 4 is 21.9 Å². The van der Waals surface area contributed by atoms with Crippen LogP contribution in [0.1, 0.15) is 20.8 Å². The van der Waals surface area contributed by atoms with Crippen molar-refractivity contribution in [1.29, 1.82) is 0 Å². The number of ether oxygens (including phenoxy) is 3. The standard InChI is InChI=1S/C10H19BrO4/c1-10(2,3)15-9(12)8-14-7-6-13-5-4-11/h4-8H2,1-3H3. The van der Waals surface area contributed by atoms with Crippen LogP contribution in [-0.2, 0) is 19.0 Å². The Labute approximate surface area is 99.4 Å². The number of esters is 1. The molecule has 0 aromatic carbocycles. The van der Waals surface area contributed by atoms with Crippen LogP contribution >= 0.6 is 15.9 Å². The van der Waals surface area contributed by atoms with Crippen LogP contribution in [0.2, 0.25) is 0 Å². The molecule has 90 valence electrons. The molecule has 0 aromatic rings. The summed E-state index contributed by atoms with van der Waals surface area (Å²) in [5.74, 6) is -0.344. The second-order valence-electron chi connectivity index (χ2n) is 3.94.